The van der Waals surface area contributed by atoms with E-state index in [-0.39, 0.29) is 17.4 Å². The number of aromatic amines is 1. The summed E-state index contributed by atoms with van der Waals surface area (Å²) < 4.78 is 0. The largest absolute Gasteiger partial charge is 0.360 e. The summed E-state index contributed by atoms with van der Waals surface area (Å²) in [5, 5.41) is 0. The van der Waals surface area contributed by atoms with Crippen LogP contribution in [0.5, 0.6) is 0 Å². The molecule has 3 N–H and O–H groups in total. The topological polar surface area (TPSA) is 75.0 Å². The predicted octanol–water partition coefficient (Wildman–Crippen LogP) is 1.52. The second-order valence-electron chi connectivity index (χ2n) is 6.12. The van der Waals surface area contributed by atoms with E-state index in [0.717, 1.165) is 30.4 Å². The second kappa shape index (κ2) is 4.06. The number of likely N-dealkylation sites (tertiary alicyclic amines) is 1. The molecule has 20 heavy (non-hydrogen) atoms. The van der Waals surface area contributed by atoms with E-state index in [2.05, 4.69) is 9.97 Å². The van der Waals surface area contributed by atoms with Gasteiger partial charge in [0, 0.05) is 30.7 Å². The van der Waals surface area contributed by atoms with Crippen LogP contribution >= 0.6 is 0 Å². The van der Waals surface area contributed by atoms with Crippen LogP contribution in [0.2, 0.25) is 0 Å². The Morgan fingerprint density at radius 2 is 2.25 bits per heavy atom. The number of H-pyrrole nitrogens is 1. The van der Waals surface area contributed by atoms with Crippen molar-refractivity contribution in [1.29, 1.82) is 0 Å². The summed E-state index contributed by atoms with van der Waals surface area (Å²) in [5.41, 5.74) is 8.72. The van der Waals surface area contributed by atoms with Gasteiger partial charge in [0.05, 0.1) is 11.0 Å². The lowest BCUT2D eigenvalue weighted by Crippen LogP contribution is -2.45. The lowest BCUT2D eigenvalue weighted by atomic mass is 9.66. The number of nitrogens with zero attached hydrogens (tertiary/aromatic N) is 2. The molecule has 2 aliphatic rings. The third-order valence-corrected chi connectivity index (χ3v) is 4.97. The van der Waals surface area contributed by atoms with Gasteiger partial charge in [0.15, 0.2) is 0 Å². The smallest absolute Gasteiger partial charge is 0.272 e. The zero-order valence-corrected chi connectivity index (χ0v) is 11.3. The Labute approximate surface area is 117 Å². The number of hydrogen-bond donors (Lipinski definition) is 2. The fourth-order valence-corrected chi connectivity index (χ4v) is 3.52. The molecule has 1 spiro atoms. The maximum Gasteiger partial charge on any atom is 0.272 e. The van der Waals surface area contributed by atoms with Crippen LogP contribution in [0.1, 0.15) is 29.8 Å². The first-order valence-corrected chi connectivity index (χ1v) is 7.17. The zero-order valence-electron chi connectivity index (χ0n) is 11.3. The number of amides is 1. The number of nitrogens with one attached hydrogen (secondary N) is 1. The van der Waals surface area contributed by atoms with Crippen LogP contribution in [-0.4, -0.2) is 39.9 Å². The van der Waals surface area contributed by atoms with Crippen molar-refractivity contribution in [3.8, 4) is 0 Å². The Morgan fingerprint density at radius 1 is 1.40 bits per heavy atom. The highest BCUT2D eigenvalue weighted by Crippen LogP contribution is 2.47. The number of carbonyl (C=O) groups excluding carboxylic acids is 1. The highest BCUT2D eigenvalue weighted by Gasteiger charge is 2.50. The Balaban J connectivity index is 1.60. The van der Waals surface area contributed by atoms with E-state index in [1.807, 2.05) is 23.2 Å². The third-order valence-electron chi connectivity index (χ3n) is 4.97. The van der Waals surface area contributed by atoms with Gasteiger partial charge in [0.25, 0.3) is 5.91 Å². The average Bonchev–Trinajstić information content (AvgIpc) is 3.00. The van der Waals surface area contributed by atoms with Gasteiger partial charge < -0.3 is 15.6 Å². The quantitative estimate of drug-likeness (QED) is 0.825. The van der Waals surface area contributed by atoms with Crippen molar-refractivity contribution in [3.63, 3.8) is 0 Å². The Kier molecular flexibility index (Phi) is 2.41. The van der Waals surface area contributed by atoms with Crippen molar-refractivity contribution in [3.05, 3.63) is 30.1 Å². The molecule has 104 valence electrons. The minimum Gasteiger partial charge on any atom is -0.360 e. The SMILES string of the molecule is NC1CN(C(=O)c2ccc3[nH]ccc3n2)CC12CCC2. The molecule has 1 saturated heterocycles. The maximum absolute atomic E-state index is 12.6. The van der Waals surface area contributed by atoms with E-state index in [9.17, 15) is 4.79 Å². The molecule has 1 atom stereocenters. The molecule has 4 rings (SSSR count). The van der Waals surface area contributed by atoms with Gasteiger partial charge in [0.1, 0.15) is 5.69 Å². The number of pyridine rings is 1. The first kappa shape index (κ1) is 11.9. The van der Waals surface area contributed by atoms with Crippen molar-refractivity contribution in [1.82, 2.24) is 14.9 Å². The Morgan fingerprint density at radius 3 is 2.95 bits per heavy atom. The van der Waals surface area contributed by atoms with Crippen LogP contribution < -0.4 is 5.73 Å². The minimum absolute atomic E-state index is 0.00678. The normalized spacial score (nSPS) is 24.2. The van der Waals surface area contributed by atoms with Crippen molar-refractivity contribution >= 4 is 16.9 Å². The van der Waals surface area contributed by atoms with Crippen LogP contribution in [0.15, 0.2) is 24.4 Å². The van der Waals surface area contributed by atoms with E-state index in [0.29, 0.717) is 12.2 Å². The molecule has 1 aliphatic heterocycles. The fourth-order valence-electron chi connectivity index (χ4n) is 3.52. The van der Waals surface area contributed by atoms with Crippen molar-refractivity contribution in [2.24, 2.45) is 11.1 Å². The van der Waals surface area contributed by atoms with Crippen LogP contribution in [0.25, 0.3) is 11.0 Å². The van der Waals surface area contributed by atoms with Crippen LogP contribution in [0.3, 0.4) is 0 Å². The number of fused-ring (bicyclic) bond motifs is 1. The molecule has 3 heterocycles. The Hall–Kier alpha value is -1.88. The number of rotatable bonds is 1. The number of hydrogen-bond acceptors (Lipinski definition) is 3. The molecule has 1 amide bonds. The molecule has 5 nitrogen and oxygen atoms in total. The lowest BCUT2D eigenvalue weighted by molar-refractivity contribution is 0.0721. The van der Waals surface area contributed by atoms with Gasteiger partial charge in [-0.15, -0.1) is 0 Å². The molecule has 2 fully saturated rings. The van der Waals surface area contributed by atoms with Crippen molar-refractivity contribution < 1.29 is 4.79 Å². The molecule has 2 aromatic rings. The fraction of sp³-hybridized carbons (Fsp3) is 0.467. The van der Waals surface area contributed by atoms with Gasteiger partial charge in [-0.2, -0.15) is 0 Å². The number of aromatic nitrogens is 2. The molecule has 0 bridgehead atoms. The van der Waals surface area contributed by atoms with Crippen molar-refractivity contribution in [2.45, 2.75) is 25.3 Å². The van der Waals surface area contributed by atoms with E-state index < -0.39 is 0 Å². The van der Waals surface area contributed by atoms with Gasteiger partial charge in [-0.3, -0.25) is 4.79 Å². The lowest BCUT2D eigenvalue weighted by Gasteiger charge is -2.41. The second-order valence-corrected chi connectivity index (χ2v) is 6.12. The summed E-state index contributed by atoms with van der Waals surface area (Å²) in [5.74, 6) is 0.00678. The van der Waals surface area contributed by atoms with E-state index in [1.165, 1.54) is 6.42 Å². The van der Waals surface area contributed by atoms with Gasteiger partial charge >= 0.3 is 0 Å². The average molecular weight is 270 g/mol. The predicted molar refractivity (Wildman–Crippen MR) is 76.3 cm³/mol. The molecular formula is C15H18N4O. The first-order valence-electron chi connectivity index (χ1n) is 7.17. The summed E-state index contributed by atoms with van der Waals surface area (Å²) >= 11 is 0. The van der Waals surface area contributed by atoms with Crippen LogP contribution in [0.4, 0.5) is 0 Å². The van der Waals surface area contributed by atoms with Crippen LogP contribution in [0, 0.1) is 5.41 Å². The van der Waals surface area contributed by atoms with Gasteiger partial charge in [0.2, 0.25) is 0 Å². The van der Waals surface area contributed by atoms with E-state index in [4.69, 9.17) is 5.73 Å². The highest BCUT2D eigenvalue weighted by molar-refractivity contribution is 5.94. The monoisotopic (exact) mass is 270 g/mol. The summed E-state index contributed by atoms with van der Waals surface area (Å²) in [7, 11) is 0. The van der Waals surface area contributed by atoms with Gasteiger partial charge in [-0.1, -0.05) is 6.42 Å². The van der Waals surface area contributed by atoms with E-state index in [1.54, 1.807) is 6.07 Å². The molecule has 0 aromatic carbocycles. The maximum atomic E-state index is 12.6. The Bertz CT molecular complexity index is 673. The molecule has 1 aliphatic carbocycles. The molecule has 1 saturated carbocycles. The summed E-state index contributed by atoms with van der Waals surface area (Å²) in [6.07, 6.45) is 5.38. The zero-order chi connectivity index (χ0) is 13.7. The standard InChI is InChI=1S/C15H18N4O/c16-13-8-19(9-15(13)5-1-6-15)14(20)12-3-2-10-11(18-12)4-7-17-10/h2-4,7,13,17H,1,5-6,8-9,16H2. The van der Waals surface area contributed by atoms with Crippen LogP contribution in [-0.2, 0) is 0 Å². The minimum atomic E-state index is 0.00678. The summed E-state index contributed by atoms with van der Waals surface area (Å²) in [6.45, 7) is 1.45. The number of nitrogens with two attached hydrogens (primary N) is 1. The highest BCUT2D eigenvalue weighted by atomic mass is 16.2. The van der Waals surface area contributed by atoms with E-state index >= 15 is 0 Å². The molecule has 0 radical (unpaired) electrons. The van der Waals surface area contributed by atoms with Gasteiger partial charge in [-0.25, -0.2) is 4.98 Å². The molecular weight excluding hydrogens is 252 g/mol. The van der Waals surface area contributed by atoms with Crippen molar-refractivity contribution in [2.75, 3.05) is 13.1 Å². The molecule has 1 unspecified atom stereocenters. The molecule has 2 aromatic heterocycles. The number of carbonyl (C=O) groups is 1. The summed E-state index contributed by atoms with van der Waals surface area (Å²) in [6, 6.07) is 5.70. The first-order chi connectivity index (χ1) is 9.68. The third kappa shape index (κ3) is 1.59. The molecule has 5 heteroatoms. The summed E-state index contributed by atoms with van der Waals surface area (Å²) in [4.78, 5) is 22.0. The van der Waals surface area contributed by atoms with Gasteiger partial charge in [-0.05, 0) is 31.0 Å².